The number of pyridine rings is 1. The first-order valence-corrected chi connectivity index (χ1v) is 4.70. The van der Waals surface area contributed by atoms with E-state index in [2.05, 4.69) is 4.98 Å². The van der Waals surface area contributed by atoms with Crippen LogP contribution < -0.4 is 11.5 Å². The minimum Gasteiger partial charge on any atom is -0.330 e. The molecule has 0 saturated heterocycles. The molecule has 0 spiro atoms. The fraction of sp³-hybridized carbons (Fsp3) is 0.500. The van der Waals surface area contributed by atoms with Gasteiger partial charge in [-0.1, -0.05) is 12.5 Å². The lowest BCUT2D eigenvalue weighted by Crippen LogP contribution is -2.11. The number of hydrogen-bond donors (Lipinski definition) is 2. The van der Waals surface area contributed by atoms with Crippen LogP contribution in [0.15, 0.2) is 24.5 Å². The Morgan fingerprint density at radius 3 is 2.85 bits per heavy atom. The predicted octanol–water partition coefficient (Wildman–Crippen LogP) is 1.21. The topological polar surface area (TPSA) is 64.9 Å². The summed E-state index contributed by atoms with van der Waals surface area (Å²) in [6.07, 6.45) is 6.71. The van der Waals surface area contributed by atoms with Gasteiger partial charge in [-0.25, -0.2) is 0 Å². The molecule has 1 heterocycles. The third kappa shape index (κ3) is 3.53. The molecule has 0 aliphatic carbocycles. The van der Waals surface area contributed by atoms with Gasteiger partial charge in [0.2, 0.25) is 0 Å². The van der Waals surface area contributed by atoms with Gasteiger partial charge in [-0.3, -0.25) is 4.98 Å². The molecule has 0 bridgehead atoms. The van der Waals surface area contributed by atoms with E-state index in [0.717, 1.165) is 31.4 Å². The first-order chi connectivity index (χ1) is 6.34. The molecule has 1 aromatic rings. The lowest BCUT2D eigenvalue weighted by molar-refractivity contribution is 0.589. The molecular formula is C10H17N3. The molecule has 1 rings (SSSR count). The van der Waals surface area contributed by atoms with Crippen LogP contribution in [0.4, 0.5) is 0 Å². The molecular weight excluding hydrogens is 162 g/mol. The SMILES string of the molecule is NCCCC[C@H](N)c1cccnc1. The van der Waals surface area contributed by atoms with Crippen molar-refractivity contribution in [2.75, 3.05) is 6.54 Å². The molecule has 0 unspecified atom stereocenters. The highest BCUT2D eigenvalue weighted by atomic mass is 14.7. The van der Waals surface area contributed by atoms with Crippen LogP contribution in [0.3, 0.4) is 0 Å². The molecule has 0 aliphatic rings. The Bertz CT molecular complexity index is 223. The highest BCUT2D eigenvalue weighted by molar-refractivity contribution is 5.12. The van der Waals surface area contributed by atoms with Crippen molar-refractivity contribution in [1.29, 1.82) is 0 Å². The van der Waals surface area contributed by atoms with E-state index in [1.807, 2.05) is 18.3 Å². The van der Waals surface area contributed by atoms with Gasteiger partial charge >= 0.3 is 0 Å². The Morgan fingerprint density at radius 2 is 2.23 bits per heavy atom. The Labute approximate surface area is 79.2 Å². The van der Waals surface area contributed by atoms with Crippen LogP contribution in [-0.2, 0) is 0 Å². The van der Waals surface area contributed by atoms with Crippen LogP contribution in [0.5, 0.6) is 0 Å². The average molecular weight is 179 g/mol. The lowest BCUT2D eigenvalue weighted by atomic mass is 10.0. The van der Waals surface area contributed by atoms with Crippen LogP contribution in [0.25, 0.3) is 0 Å². The molecule has 0 fully saturated rings. The Morgan fingerprint density at radius 1 is 1.38 bits per heavy atom. The maximum atomic E-state index is 5.95. The predicted molar refractivity (Wildman–Crippen MR) is 54.1 cm³/mol. The normalized spacial score (nSPS) is 12.8. The van der Waals surface area contributed by atoms with E-state index >= 15 is 0 Å². The summed E-state index contributed by atoms with van der Waals surface area (Å²) in [7, 11) is 0. The van der Waals surface area contributed by atoms with Crippen molar-refractivity contribution in [2.45, 2.75) is 25.3 Å². The van der Waals surface area contributed by atoms with E-state index in [4.69, 9.17) is 11.5 Å². The van der Waals surface area contributed by atoms with Crippen molar-refractivity contribution >= 4 is 0 Å². The quantitative estimate of drug-likeness (QED) is 0.668. The number of nitrogens with zero attached hydrogens (tertiary/aromatic N) is 1. The molecule has 3 heteroatoms. The van der Waals surface area contributed by atoms with E-state index < -0.39 is 0 Å². The second-order valence-corrected chi connectivity index (χ2v) is 3.18. The highest BCUT2D eigenvalue weighted by Gasteiger charge is 2.04. The van der Waals surface area contributed by atoms with Crippen molar-refractivity contribution in [3.8, 4) is 0 Å². The van der Waals surface area contributed by atoms with E-state index in [1.165, 1.54) is 0 Å². The molecule has 72 valence electrons. The Kier molecular flexibility index (Phi) is 4.43. The van der Waals surface area contributed by atoms with Crippen LogP contribution in [0.1, 0.15) is 30.9 Å². The molecule has 13 heavy (non-hydrogen) atoms. The molecule has 0 amide bonds. The summed E-state index contributed by atoms with van der Waals surface area (Å²) in [5, 5.41) is 0. The molecule has 4 N–H and O–H groups in total. The summed E-state index contributed by atoms with van der Waals surface area (Å²) in [4.78, 5) is 4.03. The summed E-state index contributed by atoms with van der Waals surface area (Å²) >= 11 is 0. The van der Waals surface area contributed by atoms with Gasteiger partial charge in [0.25, 0.3) is 0 Å². The standard InChI is InChI=1S/C10H17N3/c11-6-2-1-5-10(12)9-4-3-7-13-8-9/h3-4,7-8,10H,1-2,5-6,11-12H2/t10-/m0/s1. The summed E-state index contributed by atoms with van der Waals surface area (Å²) < 4.78 is 0. The zero-order valence-electron chi connectivity index (χ0n) is 7.82. The van der Waals surface area contributed by atoms with Gasteiger partial charge < -0.3 is 11.5 Å². The molecule has 1 atom stereocenters. The van der Waals surface area contributed by atoms with Gasteiger partial charge in [0, 0.05) is 18.4 Å². The Hall–Kier alpha value is -0.930. The fourth-order valence-corrected chi connectivity index (χ4v) is 1.27. The number of aromatic nitrogens is 1. The van der Waals surface area contributed by atoms with Gasteiger partial charge in [-0.15, -0.1) is 0 Å². The van der Waals surface area contributed by atoms with E-state index in [1.54, 1.807) is 6.20 Å². The molecule has 0 aliphatic heterocycles. The molecule has 3 nitrogen and oxygen atoms in total. The monoisotopic (exact) mass is 179 g/mol. The minimum atomic E-state index is 0.111. The number of hydrogen-bond acceptors (Lipinski definition) is 3. The first kappa shape index (κ1) is 10.2. The third-order valence-electron chi connectivity index (χ3n) is 2.08. The van der Waals surface area contributed by atoms with Crippen molar-refractivity contribution in [1.82, 2.24) is 4.98 Å². The van der Waals surface area contributed by atoms with Gasteiger partial charge in [-0.05, 0) is 31.0 Å². The van der Waals surface area contributed by atoms with Gasteiger partial charge in [0.05, 0.1) is 0 Å². The third-order valence-corrected chi connectivity index (χ3v) is 2.08. The second kappa shape index (κ2) is 5.67. The zero-order valence-corrected chi connectivity index (χ0v) is 7.82. The van der Waals surface area contributed by atoms with Crippen LogP contribution in [0, 0.1) is 0 Å². The maximum Gasteiger partial charge on any atom is 0.0315 e. The average Bonchev–Trinajstić information content (AvgIpc) is 2.19. The number of unbranched alkanes of at least 4 members (excludes halogenated alkanes) is 1. The van der Waals surface area contributed by atoms with E-state index in [-0.39, 0.29) is 6.04 Å². The number of nitrogens with two attached hydrogens (primary N) is 2. The van der Waals surface area contributed by atoms with Crippen LogP contribution in [-0.4, -0.2) is 11.5 Å². The van der Waals surface area contributed by atoms with Crippen molar-refractivity contribution < 1.29 is 0 Å². The fourth-order valence-electron chi connectivity index (χ4n) is 1.27. The summed E-state index contributed by atoms with van der Waals surface area (Å²) in [6, 6.07) is 4.04. The Balaban J connectivity index is 2.35. The smallest absolute Gasteiger partial charge is 0.0315 e. The summed E-state index contributed by atoms with van der Waals surface area (Å²) in [5.74, 6) is 0. The molecule has 0 radical (unpaired) electrons. The molecule has 0 aromatic carbocycles. The van der Waals surface area contributed by atoms with Gasteiger partial charge in [-0.2, -0.15) is 0 Å². The molecule has 1 aromatic heterocycles. The number of rotatable bonds is 5. The summed E-state index contributed by atoms with van der Waals surface area (Å²) in [5.41, 5.74) is 12.5. The van der Waals surface area contributed by atoms with E-state index in [0.29, 0.717) is 0 Å². The maximum absolute atomic E-state index is 5.95. The minimum absolute atomic E-state index is 0.111. The van der Waals surface area contributed by atoms with Crippen molar-refractivity contribution in [3.63, 3.8) is 0 Å². The van der Waals surface area contributed by atoms with Crippen molar-refractivity contribution in [2.24, 2.45) is 11.5 Å². The largest absolute Gasteiger partial charge is 0.330 e. The van der Waals surface area contributed by atoms with Gasteiger partial charge in [0.1, 0.15) is 0 Å². The lowest BCUT2D eigenvalue weighted by Gasteiger charge is -2.10. The van der Waals surface area contributed by atoms with Crippen LogP contribution in [0.2, 0.25) is 0 Å². The highest BCUT2D eigenvalue weighted by Crippen LogP contribution is 2.14. The summed E-state index contributed by atoms with van der Waals surface area (Å²) in [6.45, 7) is 0.750. The molecule has 0 saturated carbocycles. The zero-order chi connectivity index (χ0) is 9.52. The first-order valence-electron chi connectivity index (χ1n) is 4.70. The second-order valence-electron chi connectivity index (χ2n) is 3.18. The van der Waals surface area contributed by atoms with Gasteiger partial charge in [0.15, 0.2) is 0 Å². The van der Waals surface area contributed by atoms with E-state index in [9.17, 15) is 0 Å². The van der Waals surface area contributed by atoms with Crippen LogP contribution >= 0.6 is 0 Å². The van der Waals surface area contributed by atoms with Crippen molar-refractivity contribution in [3.05, 3.63) is 30.1 Å².